The molecule has 0 atom stereocenters. The monoisotopic (exact) mass is 311 g/mol. The molecular weight excluding hydrogens is 290 g/mol. The van der Waals surface area contributed by atoms with Gasteiger partial charge in [0.25, 0.3) is 0 Å². The van der Waals surface area contributed by atoms with Crippen LogP contribution in [0.2, 0.25) is 0 Å². The molecule has 0 N–H and O–H groups in total. The van der Waals surface area contributed by atoms with Crippen LogP contribution in [-0.4, -0.2) is 22.9 Å². The van der Waals surface area contributed by atoms with Crippen LogP contribution in [0.1, 0.15) is 45.4 Å². The van der Waals surface area contributed by atoms with Gasteiger partial charge in [-0.05, 0) is 43.9 Å². The van der Waals surface area contributed by atoms with E-state index >= 15 is 0 Å². The smallest absolute Gasteiger partial charge is 0.311 e. The van der Waals surface area contributed by atoms with Crippen molar-refractivity contribution in [2.45, 2.75) is 33.1 Å². The minimum absolute atomic E-state index is 0.0464. The van der Waals surface area contributed by atoms with E-state index in [1.807, 2.05) is 36.7 Å². The predicted octanol–water partition coefficient (Wildman–Crippen LogP) is 2.77. The number of benzene rings is 1. The number of carbonyl (C=O) groups is 2. The molecule has 4 heteroatoms. The maximum Gasteiger partial charge on any atom is 0.311 e. The highest BCUT2D eigenvalue weighted by Crippen LogP contribution is 2.27. The van der Waals surface area contributed by atoms with Gasteiger partial charge in [-0.25, -0.2) is 0 Å². The minimum Gasteiger partial charge on any atom is -0.466 e. The third kappa shape index (κ3) is 2.81. The molecule has 1 aromatic heterocycles. The molecule has 1 aliphatic rings. The summed E-state index contributed by atoms with van der Waals surface area (Å²) in [6.07, 6.45) is 1.86. The Bertz CT molecular complexity index is 786. The summed E-state index contributed by atoms with van der Waals surface area (Å²) in [5, 5.41) is 0. The number of ether oxygens (including phenoxy) is 1. The van der Waals surface area contributed by atoms with Crippen molar-refractivity contribution in [1.29, 1.82) is 0 Å². The van der Waals surface area contributed by atoms with E-state index in [2.05, 4.69) is 6.07 Å². The summed E-state index contributed by atoms with van der Waals surface area (Å²) < 4.78 is 6.87. The van der Waals surface area contributed by atoms with Crippen LogP contribution in [0.3, 0.4) is 0 Å². The molecule has 1 heterocycles. The Labute approximate surface area is 136 Å². The Morgan fingerprint density at radius 1 is 1.22 bits per heavy atom. The van der Waals surface area contributed by atoms with Gasteiger partial charge in [-0.1, -0.05) is 23.8 Å². The van der Waals surface area contributed by atoms with E-state index in [0.29, 0.717) is 12.3 Å². The first-order valence-corrected chi connectivity index (χ1v) is 7.98. The van der Waals surface area contributed by atoms with E-state index < -0.39 is 0 Å². The number of carbonyl (C=O) groups excluding carboxylic acids is 2. The highest BCUT2D eigenvalue weighted by atomic mass is 16.5. The summed E-state index contributed by atoms with van der Waals surface area (Å²) in [5.41, 5.74) is 5.61. The summed E-state index contributed by atoms with van der Waals surface area (Å²) in [7, 11) is 1.85. The quantitative estimate of drug-likeness (QED) is 0.819. The van der Waals surface area contributed by atoms with Gasteiger partial charge >= 0.3 is 5.97 Å². The van der Waals surface area contributed by atoms with Gasteiger partial charge in [0.15, 0.2) is 0 Å². The topological polar surface area (TPSA) is 48.3 Å². The molecule has 0 saturated heterocycles. The fraction of sp³-hybridized carbons (Fsp3) is 0.368. The number of rotatable bonds is 3. The summed E-state index contributed by atoms with van der Waals surface area (Å²) in [6.45, 7) is 4.20. The maximum atomic E-state index is 12.9. The van der Waals surface area contributed by atoms with E-state index in [9.17, 15) is 9.59 Å². The molecule has 23 heavy (non-hydrogen) atoms. The number of fused-ring (bicyclic) bond motifs is 2. The average Bonchev–Trinajstić information content (AvgIpc) is 2.73. The number of hydrogen-bond donors (Lipinski definition) is 0. The lowest BCUT2D eigenvalue weighted by atomic mass is 9.99. The van der Waals surface area contributed by atoms with Gasteiger partial charge in [-0.3, -0.25) is 9.59 Å². The van der Waals surface area contributed by atoms with Gasteiger partial charge in [0.05, 0.1) is 18.7 Å². The molecule has 120 valence electrons. The Balaban J connectivity index is 2.00. The number of aromatic nitrogens is 1. The first-order valence-electron chi connectivity index (χ1n) is 7.98. The fourth-order valence-corrected chi connectivity index (χ4v) is 3.29. The van der Waals surface area contributed by atoms with E-state index in [0.717, 1.165) is 35.2 Å². The predicted molar refractivity (Wildman–Crippen MR) is 87.8 cm³/mol. The van der Waals surface area contributed by atoms with E-state index in [4.69, 9.17) is 4.74 Å². The molecular formula is C19H21NO3. The largest absolute Gasteiger partial charge is 0.466 e. The lowest BCUT2D eigenvalue weighted by molar-refractivity contribution is -0.142. The van der Waals surface area contributed by atoms with E-state index in [1.165, 1.54) is 5.56 Å². The molecule has 1 aliphatic carbocycles. The second-order valence-corrected chi connectivity index (χ2v) is 6.04. The summed E-state index contributed by atoms with van der Waals surface area (Å²) >= 11 is 0. The Kier molecular flexibility index (Phi) is 4.07. The van der Waals surface area contributed by atoms with Crippen molar-refractivity contribution in [3.8, 4) is 0 Å². The normalized spacial score (nSPS) is 13.3. The summed E-state index contributed by atoms with van der Waals surface area (Å²) in [4.78, 5) is 24.7. The molecule has 3 rings (SSSR count). The highest BCUT2D eigenvalue weighted by Gasteiger charge is 2.26. The lowest BCUT2D eigenvalue weighted by Gasteiger charge is -2.09. The third-order valence-corrected chi connectivity index (χ3v) is 4.43. The second kappa shape index (κ2) is 6.03. The number of esters is 1. The molecule has 2 aromatic rings. The molecule has 0 aliphatic heterocycles. The zero-order chi connectivity index (χ0) is 16.6. The summed E-state index contributed by atoms with van der Waals surface area (Å²) in [5.74, 6) is -0.211. The van der Waals surface area contributed by atoms with Crippen LogP contribution in [0, 0.1) is 6.92 Å². The van der Waals surface area contributed by atoms with Crippen LogP contribution in [-0.2, 0) is 35.8 Å². The lowest BCUT2D eigenvalue weighted by Crippen LogP contribution is -2.14. The Morgan fingerprint density at radius 2 is 1.96 bits per heavy atom. The number of nitrogens with zero attached hydrogens (tertiary/aromatic N) is 1. The standard InChI is InChI=1S/C19H21NO3/c1-4-23-17(21)11-15-10-14-7-6-13-9-12(2)5-8-16(13)19(22)18(14)20(15)3/h5,8-10H,4,6-7,11H2,1-3H3. The molecule has 4 nitrogen and oxygen atoms in total. The van der Waals surface area contributed by atoms with Gasteiger partial charge in [-0.15, -0.1) is 0 Å². The van der Waals surface area contributed by atoms with Crippen molar-refractivity contribution >= 4 is 11.8 Å². The molecule has 1 aromatic carbocycles. The summed E-state index contributed by atoms with van der Waals surface area (Å²) in [6, 6.07) is 7.96. The molecule has 0 amide bonds. The zero-order valence-corrected chi connectivity index (χ0v) is 13.8. The molecule has 0 saturated carbocycles. The Morgan fingerprint density at radius 3 is 2.70 bits per heavy atom. The minimum atomic E-state index is -0.258. The molecule has 0 spiro atoms. The van der Waals surface area contributed by atoms with Crippen LogP contribution in [0.5, 0.6) is 0 Å². The van der Waals surface area contributed by atoms with Crippen LogP contribution in [0.25, 0.3) is 0 Å². The Hall–Kier alpha value is -2.36. The molecule has 0 radical (unpaired) electrons. The second-order valence-electron chi connectivity index (χ2n) is 6.04. The van der Waals surface area contributed by atoms with Crippen molar-refractivity contribution in [3.63, 3.8) is 0 Å². The van der Waals surface area contributed by atoms with Crippen LogP contribution >= 0.6 is 0 Å². The average molecular weight is 311 g/mol. The van der Waals surface area contributed by atoms with Crippen LogP contribution in [0.15, 0.2) is 24.3 Å². The van der Waals surface area contributed by atoms with Crippen molar-refractivity contribution in [2.24, 2.45) is 7.05 Å². The van der Waals surface area contributed by atoms with Gasteiger partial charge in [0, 0.05) is 18.3 Å². The molecule has 0 bridgehead atoms. The van der Waals surface area contributed by atoms with E-state index in [-0.39, 0.29) is 18.2 Å². The van der Waals surface area contributed by atoms with Gasteiger partial charge < -0.3 is 9.30 Å². The number of ketones is 1. The number of hydrogen-bond acceptors (Lipinski definition) is 3. The maximum absolute atomic E-state index is 12.9. The van der Waals surface area contributed by atoms with Crippen molar-refractivity contribution < 1.29 is 14.3 Å². The van der Waals surface area contributed by atoms with Gasteiger partial charge in [-0.2, -0.15) is 0 Å². The molecule has 0 fully saturated rings. The fourth-order valence-electron chi connectivity index (χ4n) is 3.29. The first kappa shape index (κ1) is 15.5. The van der Waals surface area contributed by atoms with Gasteiger partial charge in [0.1, 0.15) is 0 Å². The van der Waals surface area contributed by atoms with Gasteiger partial charge in [0.2, 0.25) is 5.78 Å². The van der Waals surface area contributed by atoms with E-state index in [1.54, 1.807) is 6.92 Å². The van der Waals surface area contributed by atoms with Crippen molar-refractivity contribution in [2.75, 3.05) is 6.61 Å². The van der Waals surface area contributed by atoms with Crippen molar-refractivity contribution in [1.82, 2.24) is 4.57 Å². The highest BCUT2D eigenvalue weighted by molar-refractivity contribution is 6.10. The van der Waals surface area contributed by atoms with Crippen molar-refractivity contribution in [3.05, 3.63) is 57.9 Å². The zero-order valence-electron chi connectivity index (χ0n) is 13.8. The third-order valence-electron chi connectivity index (χ3n) is 4.43. The van der Waals surface area contributed by atoms with Crippen LogP contribution < -0.4 is 0 Å². The van der Waals surface area contributed by atoms with Crippen LogP contribution in [0.4, 0.5) is 0 Å². The number of aryl methyl sites for hydroxylation is 3. The molecule has 0 unspecified atom stereocenters. The first-order chi connectivity index (χ1) is 11.0. The SMILES string of the molecule is CCOC(=O)Cc1cc2c(n1C)C(=O)c1ccc(C)cc1CC2.